The molecule has 0 radical (unpaired) electrons. The first-order valence-corrected chi connectivity index (χ1v) is 5.98. The van der Waals surface area contributed by atoms with Crippen molar-refractivity contribution in [1.82, 2.24) is 10.2 Å². The van der Waals surface area contributed by atoms with Crippen molar-refractivity contribution in [3.8, 4) is 0 Å². The van der Waals surface area contributed by atoms with Crippen LogP contribution in [0.3, 0.4) is 0 Å². The SMILES string of the molecule is Cc1cccc(C)c1NC(=O)NC1=NCCN1C. The van der Waals surface area contributed by atoms with E-state index in [1.165, 1.54) is 0 Å². The number of nitrogens with zero attached hydrogens (tertiary/aromatic N) is 2. The Balaban J connectivity index is 2.03. The molecule has 2 N–H and O–H groups in total. The summed E-state index contributed by atoms with van der Waals surface area (Å²) in [7, 11) is 1.91. The lowest BCUT2D eigenvalue weighted by atomic mass is 10.1. The molecule has 0 saturated heterocycles. The minimum absolute atomic E-state index is 0.250. The lowest BCUT2D eigenvalue weighted by molar-refractivity contribution is 0.255. The molecule has 0 spiro atoms. The van der Waals surface area contributed by atoms with Crippen molar-refractivity contribution in [1.29, 1.82) is 0 Å². The Bertz CT molecular complexity index is 476. The third kappa shape index (κ3) is 2.61. The number of nitrogens with one attached hydrogen (secondary N) is 2. The van der Waals surface area contributed by atoms with Crippen LogP contribution in [0.1, 0.15) is 11.1 Å². The monoisotopic (exact) mass is 246 g/mol. The van der Waals surface area contributed by atoms with Gasteiger partial charge >= 0.3 is 6.03 Å². The van der Waals surface area contributed by atoms with E-state index in [1.54, 1.807) is 0 Å². The first-order valence-electron chi connectivity index (χ1n) is 5.98. The van der Waals surface area contributed by atoms with Crippen LogP contribution in [-0.2, 0) is 0 Å². The molecular weight excluding hydrogens is 228 g/mol. The fourth-order valence-corrected chi connectivity index (χ4v) is 1.93. The lowest BCUT2D eigenvalue weighted by Gasteiger charge is -2.16. The van der Waals surface area contributed by atoms with Gasteiger partial charge in [0.15, 0.2) is 0 Å². The van der Waals surface area contributed by atoms with Crippen LogP contribution in [0.2, 0.25) is 0 Å². The second-order valence-electron chi connectivity index (χ2n) is 4.47. The van der Waals surface area contributed by atoms with Gasteiger partial charge in [0.25, 0.3) is 0 Å². The molecule has 1 aliphatic heterocycles. The number of guanidine groups is 1. The molecule has 1 aromatic rings. The van der Waals surface area contributed by atoms with Crippen molar-refractivity contribution in [3.63, 3.8) is 0 Å². The average Bonchev–Trinajstić information content (AvgIpc) is 2.70. The summed E-state index contributed by atoms with van der Waals surface area (Å²) in [6.45, 7) is 5.53. The van der Waals surface area contributed by atoms with E-state index in [2.05, 4.69) is 15.6 Å². The van der Waals surface area contributed by atoms with Crippen LogP contribution in [-0.4, -0.2) is 37.0 Å². The van der Waals surface area contributed by atoms with Gasteiger partial charge < -0.3 is 10.2 Å². The molecule has 1 aliphatic rings. The summed E-state index contributed by atoms with van der Waals surface area (Å²) in [5, 5.41) is 5.63. The number of amides is 2. The van der Waals surface area contributed by atoms with E-state index in [-0.39, 0.29) is 6.03 Å². The number of anilines is 1. The summed E-state index contributed by atoms with van der Waals surface area (Å²) in [6.07, 6.45) is 0. The lowest BCUT2D eigenvalue weighted by Crippen LogP contribution is -2.41. The van der Waals surface area contributed by atoms with Crippen LogP contribution in [0.15, 0.2) is 23.2 Å². The number of urea groups is 1. The van der Waals surface area contributed by atoms with E-state index >= 15 is 0 Å². The van der Waals surface area contributed by atoms with Gasteiger partial charge in [-0.3, -0.25) is 10.3 Å². The maximum atomic E-state index is 11.9. The number of hydrogen-bond acceptors (Lipinski definition) is 3. The van der Waals surface area contributed by atoms with Gasteiger partial charge in [0.2, 0.25) is 5.96 Å². The topological polar surface area (TPSA) is 56.7 Å². The molecular formula is C13H18N4O. The Morgan fingerprint density at radius 2 is 1.94 bits per heavy atom. The van der Waals surface area contributed by atoms with E-state index in [0.29, 0.717) is 5.96 Å². The molecule has 1 aromatic carbocycles. The fourth-order valence-electron chi connectivity index (χ4n) is 1.93. The van der Waals surface area contributed by atoms with Crippen molar-refractivity contribution in [2.75, 3.05) is 25.5 Å². The minimum atomic E-state index is -0.250. The third-order valence-electron chi connectivity index (χ3n) is 3.00. The Morgan fingerprint density at radius 3 is 2.50 bits per heavy atom. The van der Waals surface area contributed by atoms with Gasteiger partial charge in [-0.2, -0.15) is 0 Å². The number of aliphatic imine (C=N–C) groups is 1. The number of likely N-dealkylation sites (N-methyl/N-ethyl adjacent to an activating group) is 1. The Kier molecular flexibility index (Phi) is 3.50. The van der Waals surface area contributed by atoms with E-state index in [0.717, 1.165) is 29.9 Å². The van der Waals surface area contributed by atoms with Gasteiger partial charge in [-0.25, -0.2) is 4.79 Å². The van der Waals surface area contributed by atoms with E-state index < -0.39 is 0 Å². The molecule has 0 saturated carbocycles. The standard InChI is InChI=1S/C13H18N4O/c1-9-5-4-6-10(2)11(9)15-13(18)16-12-14-7-8-17(12)3/h4-6H,7-8H2,1-3H3,(H2,14,15,16,18). The molecule has 0 aromatic heterocycles. The van der Waals surface area contributed by atoms with Crippen LogP contribution < -0.4 is 10.6 Å². The van der Waals surface area contributed by atoms with Crippen LogP contribution in [0.5, 0.6) is 0 Å². The molecule has 0 bridgehead atoms. The summed E-state index contributed by atoms with van der Waals surface area (Å²) in [5.41, 5.74) is 2.95. The highest BCUT2D eigenvalue weighted by atomic mass is 16.2. The summed E-state index contributed by atoms with van der Waals surface area (Å²) in [6, 6.07) is 5.67. The Morgan fingerprint density at radius 1 is 1.28 bits per heavy atom. The zero-order valence-electron chi connectivity index (χ0n) is 10.9. The smallest absolute Gasteiger partial charge is 0.326 e. The molecule has 0 fully saturated rings. The highest BCUT2D eigenvalue weighted by Gasteiger charge is 2.15. The molecule has 96 valence electrons. The number of rotatable bonds is 1. The second kappa shape index (κ2) is 5.08. The second-order valence-corrected chi connectivity index (χ2v) is 4.47. The van der Waals surface area contributed by atoms with E-state index in [1.807, 2.05) is 44.0 Å². The summed E-state index contributed by atoms with van der Waals surface area (Å²) < 4.78 is 0. The molecule has 2 rings (SSSR count). The predicted molar refractivity (Wildman–Crippen MR) is 73.0 cm³/mol. The number of carbonyl (C=O) groups is 1. The number of hydrogen-bond donors (Lipinski definition) is 2. The third-order valence-corrected chi connectivity index (χ3v) is 3.00. The van der Waals surface area contributed by atoms with Crippen molar-refractivity contribution in [2.45, 2.75) is 13.8 Å². The van der Waals surface area contributed by atoms with Gasteiger partial charge in [-0.05, 0) is 25.0 Å². The quantitative estimate of drug-likeness (QED) is 0.792. The summed E-state index contributed by atoms with van der Waals surface area (Å²) in [4.78, 5) is 18.0. The van der Waals surface area contributed by atoms with Crippen LogP contribution in [0.25, 0.3) is 0 Å². The molecule has 5 nitrogen and oxygen atoms in total. The van der Waals surface area contributed by atoms with Crippen molar-refractivity contribution >= 4 is 17.7 Å². The zero-order chi connectivity index (χ0) is 13.1. The predicted octanol–water partition coefficient (Wildman–Crippen LogP) is 1.73. The highest BCUT2D eigenvalue weighted by Crippen LogP contribution is 2.19. The van der Waals surface area contributed by atoms with Crippen LogP contribution in [0, 0.1) is 13.8 Å². The van der Waals surface area contributed by atoms with Gasteiger partial charge in [0, 0.05) is 19.3 Å². The Hall–Kier alpha value is -2.04. The van der Waals surface area contributed by atoms with Crippen LogP contribution in [0.4, 0.5) is 10.5 Å². The first-order chi connectivity index (χ1) is 8.58. The molecule has 0 atom stereocenters. The largest absolute Gasteiger partial charge is 0.344 e. The number of carbonyl (C=O) groups excluding carboxylic acids is 1. The van der Waals surface area contributed by atoms with Gasteiger partial charge in [0.1, 0.15) is 0 Å². The average molecular weight is 246 g/mol. The van der Waals surface area contributed by atoms with Crippen molar-refractivity contribution in [2.24, 2.45) is 4.99 Å². The normalized spacial score (nSPS) is 14.4. The summed E-state index contributed by atoms with van der Waals surface area (Å²) in [5.74, 6) is 0.624. The molecule has 5 heteroatoms. The highest BCUT2D eigenvalue weighted by molar-refractivity contribution is 6.03. The van der Waals surface area contributed by atoms with Gasteiger partial charge in [0.05, 0.1) is 6.54 Å². The maximum Gasteiger partial charge on any atom is 0.326 e. The molecule has 1 heterocycles. The van der Waals surface area contributed by atoms with Gasteiger partial charge in [-0.1, -0.05) is 18.2 Å². The van der Waals surface area contributed by atoms with Crippen molar-refractivity contribution in [3.05, 3.63) is 29.3 Å². The number of aryl methyl sites for hydroxylation is 2. The molecule has 0 aliphatic carbocycles. The first kappa shape index (κ1) is 12.4. The molecule has 18 heavy (non-hydrogen) atoms. The molecule has 0 unspecified atom stereocenters. The number of benzene rings is 1. The van der Waals surface area contributed by atoms with Crippen molar-refractivity contribution < 1.29 is 4.79 Å². The maximum absolute atomic E-state index is 11.9. The van der Waals surface area contributed by atoms with Crippen LogP contribution >= 0.6 is 0 Å². The summed E-state index contributed by atoms with van der Waals surface area (Å²) >= 11 is 0. The minimum Gasteiger partial charge on any atom is -0.344 e. The van der Waals surface area contributed by atoms with E-state index in [9.17, 15) is 4.79 Å². The Labute approximate surface area is 107 Å². The molecule has 2 amide bonds. The zero-order valence-corrected chi connectivity index (χ0v) is 10.9. The van der Waals surface area contributed by atoms with E-state index in [4.69, 9.17) is 0 Å². The fraction of sp³-hybridized carbons (Fsp3) is 0.385. The number of para-hydroxylation sites is 1. The van der Waals surface area contributed by atoms with Gasteiger partial charge in [-0.15, -0.1) is 0 Å².